The van der Waals surface area contributed by atoms with Gasteiger partial charge in [-0.05, 0) is 54.5 Å². The molecule has 1 aliphatic rings. The summed E-state index contributed by atoms with van der Waals surface area (Å²) in [6, 6.07) is 19.0. The van der Waals surface area contributed by atoms with E-state index in [1.165, 1.54) is 36.0 Å². The minimum Gasteiger partial charge on any atom is -0.494 e. The smallest absolute Gasteiger partial charge is 0.304 e. The SMILES string of the molecule is O=C(O)CCN1CCC=C(c2cccc(OCCCCCCc3ccccc3)c2)C1. The van der Waals surface area contributed by atoms with E-state index in [1.54, 1.807) is 0 Å². The van der Waals surface area contributed by atoms with Crippen molar-refractivity contribution in [2.75, 3.05) is 26.2 Å². The van der Waals surface area contributed by atoms with Crippen molar-refractivity contribution in [3.8, 4) is 5.75 Å². The van der Waals surface area contributed by atoms with Crippen LogP contribution in [0.25, 0.3) is 5.57 Å². The molecule has 3 rings (SSSR count). The predicted octanol–water partition coefficient (Wildman–Crippen LogP) is 5.43. The van der Waals surface area contributed by atoms with E-state index in [1.807, 2.05) is 12.1 Å². The second kappa shape index (κ2) is 12.2. The maximum Gasteiger partial charge on any atom is 0.304 e. The molecular formula is C26H33NO3. The molecule has 0 aliphatic carbocycles. The Hall–Kier alpha value is -2.59. The zero-order valence-electron chi connectivity index (χ0n) is 17.8. The number of carboxylic acids is 1. The van der Waals surface area contributed by atoms with Crippen LogP contribution in [0, 0.1) is 0 Å². The largest absolute Gasteiger partial charge is 0.494 e. The fourth-order valence-electron chi connectivity index (χ4n) is 3.86. The van der Waals surface area contributed by atoms with E-state index in [4.69, 9.17) is 9.84 Å². The van der Waals surface area contributed by atoms with Gasteiger partial charge in [-0.15, -0.1) is 0 Å². The third-order valence-electron chi connectivity index (χ3n) is 5.55. The summed E-state index contributed by atoms with van der Waals surface area (Å²) in [5.74, 6) is 0.182. The number of aliphatic carboxylic acids is 1. The van der Waals surface area contributed by atoms with Gasteiger partial charge in [-0.1, -0.05) is 61.4 Å². The number of carboxylic acid groups (broad SMARTS) is 1. The maximum atomic E-state index is 10.8. The van der Waals surface area contributed by atoms with Crippen LogP contribution < -0.4 is 4.74 Å². The normalized spacial score (nSPS) is 14.3. The zero-order valence-corrected chi connectivity index (χ0v) is 17.8. The number of carbonyl (C=O) groups is 1. The highest BCUT2D eigenvalue weighted by atomic mass is 16.5. The Bertz CT molecular complexity index is 816. The maximum absolute atomic E-state index is 10.8. The molecule has 1 aliphatic heterocycles. The van der Waals surface area contributed by atoms with Crippen LogP contribution in [0.15, 0.2) is 60.7 Å². The molecule has 0 radical (unpaired) electrons. The molecule has 0 atom stereocenters. The second-order valence-electron chi connectivity index (χ2n) is 7.96. The summed E-state index contributed by atoms with van der Waals surface area (Å²) in [5.41, 5.74) is 3.86. The number of rotatable bonds is 12. The van der Waals surface area contributed by atoms with Crippen molar-refractivity contribution in [2.24, 2.45) is 0 Å². The van der Waals surface area contributed by atoms with E-state index in [0.717, 1.165) is 44.7 Å². The Labute approximate surface area is 180 Å². The first-order chi connectivity index (χ1) is 14.7. The first kappa shape index (κ1) is 22.1. The quantitative estimate of drug-likeness (QED) is 0.477. The number of nitrogens with zero attached hydrogens (tertiary/aromatic N) is 1. The van der Waals surface area contributed by atoms with Crippen LogP contribution >= 0.6 is 0 Å². The second-order valence-corrected chi connectivity index (χ2v) is 7.96. The molecule has 0 saturated carbocycles. The summed E-state index contributed by atoms with van der Waals surface area (Å²) in [5, 5.41) is 8.91. The lowest BCUT2D eigenvalue weighted by atomic mass is 10.0. The van der Waals surface area contributed by atoms with Crippen LogP contribution in [0.1, 0.15) is 49.7 Å². The molecule has 0 bridgehead atoms. The molecule has 0 fully saturated rings. The number of aryl methyl sites for hydroxylation is 1. The van der Waals surface area contributed by atoms with E-state index in [2.05, 4.69) is 53.4 Å². The van der Waals surface area contributed by atoms with Crippen LogP contribution in [-0.4, -0.2) is 42.2 Å². The molecule has 0 spiro atoms. The third kappa shape index (κ3) is 7.68. The van der Waals surface area contributed by atoms with Gasteiger partial charge >= 0.3 is 5.97 Å². The molecule has 4 heteroatoms. The van der Waals surface area contributed by atoms with Gasteiger partial charge in [0.2, 0.25) is 0 Å². The average molecular weight is 408 g/mol. The minimum atomic E-state index is -0.735. The molecule has 0 amide bonds. The molecule has 0 aromatic heterocycles. The summed E-state index contributed by atoms with van der Waals surface area (Å²) >= 11 is 0. The van der Waals surface area contributed by atoms with E-state index >= 15 is 0 Å². The summed E-state index contributed by atoms with van der Waals surface area (Å²) in [6.45, 7) is 3.08. The third-order valence-corrected chi connectivity index (χ3v) is 5.55. The van der Waals surface area contributed by atoms with Crippen LogP contribution in [0.5, 0.6) is 5.75 Å². The van der Waals surface area contributed by atoms with Gasteiger partial charge < -0.3 is 9.84 Å². The van der Waals surface area contributed by atoms with Gasteiger partial charge in [-0.2, -0.15) is 0 Å². The molecule has 30 heavy (non-hydrogen) atoms. The van der Waals surface area contributed by atoms with Crippen molar-refractivity contribution >= 4 is 11.5 Å². The molecule has 2 aromatic rings. The van der Waals surface area contributed by atoms with Crippen LogP contribution in [0.3, 0.4) is 0 Å². The van der Waals surface area contributed by atoms with E-state index in [-0.39, 0.29) is 6.42 Å². The molecular weight excluding hydrogens is 374 g/mol. The fourth-order valence-corrected chi connectivity index (χ4v) is 3.86. The minimum absolute atomic E-state index is 0.196. The molecule has 0 saturated heterocycles. The lowest BCUT2D eigenvalue weighted by molar-refractivity contribution is -0.137. The lowest BCUT2D eigenvalue weighted by Crippen LogP contribution is -2.31. The zero-order chi connectivity index (χ0) is 21.0. The van der Waals surface area contributed by atoms with E-state index in [0.29, 0.717) is 6.54 Å². The molecule has 1 N–H and O–H groups in total. The highest BCUT2D eigenvalue weighted by Gasteiger charge is 2.15. The van der Waals surface area contributed by atoms with Crippen molar-refractivity contribution < 1.29 is 14.6 Å². The van der Waals surface area contributed by atoms with Crippen molar-refractivity contribution in [1.82, 2.24) is 4.90 Å². The van der Waals surface area contributed by atoms with Crippen molar-refractivity contribution in [1.29, 1.82) is 0 Å². The summed E-state index contributed by atoms with van der Waals surface area (Å²) in [7, 11) is 0. The molecule has 2 aromatic carbocycles. The first-order valence-electron chi connectivity index (χ1n) is 11.1. The van der Waals surface area contributed by atoms with Gasteiger partial charge in [0.15, 0.2) is 0 Å². The molecule has 160 valence electrons. The average Bonchev–Trinajstić information content (AvgIpc) is 2.78. The Morgan fingerprint density at radius 3 is 2.67 bits per heavy atom. The molecule has 0 unspecified atom stereocenters. The van der Waals surface area contributed by atoms with Crippen LogP contribution in [-0.2, 0) is 11.2 Å². The molecule has 1 heterocycles. The Kier molecular flexibility index (Phi) is 8.98. The topological polar surface area (TPSA) is 49.8 Å². The number of ether oxygens (including phenoxy) is 1. The van der Waals surface area contributed by atoms with Crippen molar-refractivity contribution in [2.45, 2.75) is 44.9 Å². The van der Waals surface area contributed by atoms with Gasteiger partial charge in [0.05, 0.1) is 13.0 Å². The van der Waals surface area contributed by atoms with Crippen molar-refractivity contribution in [3.63, 3.8) is 0 Å². The van der Waals surface area contributed by atoms with Crippen LogP contribution in [0.4, 0.5) is 0 Å². The summed E-state index contributed by atoms with van der Waals surface area (Å²) in [4.78, 5) is 13.0. The van der Waals surface area contributed by atoms with Gasteiger partial charge in [0, 0.05) is 19.6 Å². The standard InChI is InChI=1S/C26H33NO3/c28-26(29)16-18-27-17-9-14-24(21-27)23-13-8-15-25(20-23)30-19-7-2-1-4-10-22-11-5-3-6-12-22/h3,5-6,8,11-15,20H,1-2,4,7,9-10,16-19,21H2,(H,28,29). The Balaban J connectivity index is 1.37. The number of hydrogen-bond acceptors (Lipinski definition) is 3. The van der Waals surface area contributed by atoms with E-state index < -0.39 is 5.97 Å². The summed E-state index contributed by atoms with van der Waals surface area (Å²) in [6.07, 6.45) is 9.31. The van der Waals surface area contributed by atoms with Gasteiger partial charge in [0.1, 0.15) is 5.75 Å². The van der Waals surface area contributed by atoms with Gasteiger partial charge in [-0.3, -0.25) is 9.69 Å². The van der Waals surface area contributed by atoms with Gasteiger partial charge in [0.25, 0.3) is 0 Å². The Morgan fingerprint density at radius 1 is 1.00 bits per heavy atom. The van der Waals surface area contributed by atoms with E-state index in [9.17, 15) is 4.79 Å². The lowest BCUT2D eigenvalue weighted by Gasteiger charge is -2.27. The summed E-state index contributed by atoms with van der Waals surface area (Å²) < 4.78 is 5.99. The Morgan fingerprint density at radius 2 is 1.83 bits per heavy atom. The molecule has 4 nitrogen and oxygen atoms in total. The highest BCUT2D eigenvalue weighted by molar-refractivity contribution is 5.69. The number of unbranched alkanes of at least 4 members (excludes halogenated alkanes) is 3. The number of hydrogen-bond donors (Lipinski definition) is 1. The highest BCUT2D eigenvalue weighted by Crippen LogP contribution is 2.24. The monoisotopic (exact) mass is 407 g/mol. The number of benzene rings is 2. The van der Waals surface area contributed by atoms with Crippen LogP contribution in [0.2, 0.25) is 0 Å². The fraction of sp³-hybridized carbons (Fsp3) is 0.423. The first-order valence-corrected chi connectivity index (χ1v) is 11.1. The predicted molar refractivity (Wildman–Crippen MR) is 122 cm³/mol. The van der Waals surface area contributed by atoms with Crippen molar-refractivity contribution in [3.05, 3.63) is 71.8 Å². The van der Waals surface area contributed by atoms with Gasteiger partial charge in [-0.25, -0.2) is 0 Å².